The van der Waals surface area contributed by atoms with Crippen molar-refractivity contribution < 1.29 is 64.6 Å². The van der Waals surface area contributed by atoms with Crippen molar-refractivity contribution in [2.45, 2.75) is 383 Å². The van der Waals surface area contributed by atoms with Gasteiger partial charge in [0, 0.05) is 6.42 Å². The third kappa shape index (κ3) is 44.8. The number of rotatable bonds is 62. The van der Waals surface area contributed by atoms with Crippen LogP contribution in [-0.4, -0.2) is 140 Å². The maximum Gasteiger partial charge on any atom is 0.220 e. The summed E-state index contributed by atoms with van der Waals surface area (Å²) in [6.07, 6.45) is 69.4. The number of nitrogens with one attached hydrogen (secondary N) is 1. The van der Waals surface area contributed by atoms with Gasteiger partial charge in [0.05, 0.1) is 32.0 Å². The predicted octanol–water partition coefficient (Wildman–Crippen LogP) is 16.4. The van der Waals surface area contributed by atoms with Gasteiger partial charge in [-0.1, -0.05) is 304 Å². The van der Waals surface area contributed by atoms with Crippen LogP contribution in [0.25, 0.3) is 0 Å². The number of aliphatic hydroxyl groups excluding tert-OH is 8. The summed E-state index contributed by atoms with van der Waals surface area (Å²) < 4.78 is 22.9. The Kier molecular flexibility index (Phi) is 57.2. The molecule has 2 aliphatic rings. The Hall–Kier alpha value is -2.83. The van der Waals surface area contributed by atoms with E-state index in [0.717, 1.165) is 70.6 Å². The van der Waals surface area contributed by atoms with E-state index in [2.05, 4.69) is 92.1 Å². The summed E-state index contributed by atoms with van der Waals surface area (Å²) in [5.74, 6) is -0.254. The van der Waals surface area contributed by atoms with E-state index in [1.165, 1.54) is 205 Å². The molecule has 92 heavy (non-hydrogen) atoms. The molecular formula is C78H139NO13. The van der Waals surface area contributed by atoms with Crippen molar-refractivity contribution in [3.63, 3.8) is 0 Å². The highest BCUT2D eigenvalue weighted by Gasteiger charge is 2.51. The maximum atomic E-state index is 13.4. The van der Waals surface area contributed by atoms with Crippen LogP contribution in [0.15, 0.2) is 85.1 Å². The molecule has 12 atom stereocenters. The van der Waals surface area contributed by atoms with Gasteiger partial charge >= 0.3 is 0 Å². The van der Waals surface area contributed by atoms with Crippen molar-refractivity contribution in [3.05, 3.63) is 85.1 Å². The monoisotopic (exact) mass is 1300 g/mol. The van der Waals surface area contributed by atoms with Crippen LogP contribution in [0.3, 0.4) is 0 Å². The molecule has 534 valence electrons. The molecule has 0 aromatic heterocycles. The fourth-order valence-electron chi connectivity index (χ4n) is 12.1. The SMILES string of the molecule is CC/C=C\C/C=C\C/C=C\C/C=C\CCCCCCCCCCCCCCCCC(=O)NC(COC1OC(CO)C(OC2OC(CO)C(O)C(O)C2O)C(O)C1O)C(O)/C=C/CC/C=C/CC/C=C/CCCCCCCCCCCCCCCCCCCCCCC. The van der Waals surface area contributed by atoms with Crippen LogP contribution in [0.4, 0.5) is 0 Å². The first-order valence-electron chi connectivity index (χ1n) is 37.8. The number of carbonyl (C=O) groups is 1. The lowest BCUT2D eigenvalue weighted by Gasteiger charge is -2.46. The average Bonchev–Trinajstić information content (AvgIpc) is 0.882. The molecule has 2 fully saturated rings. The molecule has 0 spiro atoms. The molecule has 14 nitrogen and oxygen atoms in total. The highest BCUT2D eigenvalue weighted by atomic mass is 16.7. The van der Waals surface area contributed by atoms with E-state index in [4.69, 9.17) is 18.9 Å². The predicted molar refractivity (Wildman–Crippen MR) is 378 cm³/mol. The van der Waals surface area contributed by atoms with Crippen molar-refractivity contribution in [3.8, 4) is 0 Å². The van der Waals surface area contributed by atoms with Gasteiger partial charge in [0.1, 0.15) is 48.8 Å². The van der Waals surface area contributed by atoms with E-state index in [1.807, 2.05) is 6.08 Å². The van der Waals surface area contributed by atoms with Gasteiger partial charge in [-0.15, -0.1) is 0 Å². The normalized spacial score (nSPS) is 23.2. The number of amides is 1. The zero-order chi connectivity index (χ0) is 66.6. The van der Waals surface area contributed by atoms with Crippen LogP contribution in [0, 0.1) is 0 Å². The zero-order valence-corrected chi connectivity index (χ0v) is 58.3. The molecule has 0 aromatic rings. The van der Waals surface area contributed by atoms with Crippen LogP contribution in [0.1, 0.15) is 309 Å². The number of unbranched alkanes of at least 4 members (excludes halogenated alkanes) is 37. The van der Waals surface area contributed by atoms with Gasteiger partial charge in [0.15, 0.2) is 12.6 Å². The van der Waals surface area contributed by atoms with Crippen LogP contribution in [-0.2, 0) is 23.7 Å². The first kappa shape index (κ1) is 85.3. The molecule has 2 saturated heterocycles. The van der Waals surface area contributed by atoms with E-state index in [9.17, 15) is 45.6 Å². The van der Waals surface area contributed by atoms with Gasteiger partial charge in [-0.2, -0.15) is 0 Å². The van der Waals surface area contributed by atoms with Crippen LogP contribution in [0.5, 0.6) is 0 Å². The van der Waals surface area contributed by atoms with E-state index in [0.29, 0.717) is 12.8 Å². The maximum absolute atomic E-state index is 13.4. The molecule has 1 amide bonds. The van der Waals surface area contributed by atoms with Gasteiger partial charge in [-0.05, 0) is 83.5 Å². The van der Waals surface area contributed by atoms with E-state index < -0.39 is 86.8 Å². The fourth-order valence-corrected chi connectivity index (χ4v) is 12.1. The molecule has 2 rings (SSSR count). The second-order valence-corrected chi connectivity index (χ2v) is 26.4. The summed E-state index contributed by atoms with van der Waals surface area (Å²) in [6.45, 7) is 2.70. The number of allylic oxidation sites excluding steroid dienone is 13. The second kappa shape index (κ2) is 61.7. The quantitative estimate of drug-likeness (QED) is 0.0204. The highest BCUT2D eigenvalue weighted by Crippen LogP contribution is 2.30. The summed E-state index contributed by atoms with van der Waals surface area (Å²) in [6, 6.07) is -0.945. The Labute approximate surface area is 561 Å². The minimum Gasteiger partial charge on any atom is -0.394 e. The van der Waals surface area contributed by atoms with Crippen molar-refractivity contribution in [1.29, 1.82) is 0 Å². The van der Waals surface area contributed by atoms with E-state index in [1.54, 1.807) is 6.08 Å². The molecular weight excluding hydrogens is 1160 g/mol. The molecule has 0 aromatic carbocycles. The molecule has 2 aliphatic heterocycles. The standard InChI is InChI=1S/C78H139NO13/c1-3-5-7-9-11-13-15-17-19-21-23-25-27-29-31-32-33-34-36-37-39-41-43-45-47-49-51-53-55-57-59-61-67(82)66(65-89-77-75(88)73(86)76(69(64-81)91-77)92-78-74(87)72(85)71(84)68(63-80)90-78)79-70(83)62-60-58-56-54-52-50-48-46-44-42-40-38-35-30-28-26-24-22-20-18-16-14-12-10-8-6-4-2/h6,8,12,14,18,20,24,26,43,45,51,53,59,61,66-69,71-78,80-82,84-88H,3-5,7,9-11,13,15-17,19,21-23,25,27-42,44,46-50,52,54-58,60,62-65H2,1-2H3,(H,79,83)/b8-6-,14-12-,20-18-,26-24-,45-43+,53-51+,61-59+. The molecule has 0 bridgehead atoms. The Morgan fingerprint density at radius 3 is 1.20 bits per heavy atom. The highest BCUT2D eigenvalue weighted by molar-refractivity contribution is 5.76. The fraction of sp³-hybridized carbons (Fsp3) is 0.808. The first-order chi connectivity index (χ1) is 45.1. The number of carbonyl (C=O) groups excluding carboxylic acids is 1. The number of hydrogen-bond donors (Lipinski definition) is 9. The van der Waals surface area contributed by atoms with E-state index in [-0.39, 0.29) is 18.9 Å². The smallest absolute Gasteiger partial charge is 0.220 e. The molecule has 12 unspecified atom stereocenters. The third-order valence-electron chi connectivity index (χ3n) is 18.0. The number of hydrogen-bond acceptors (Lipinski definition) is 13. The molecule has 2 heterocycles. The third-order valence-corrected chi connectivity index (χ3v) is 18.0. The van der Waals surface area contributed by atoms with Gasteiger partial charge in [-0.3, -0.25) is 4.79 Å². The minimum atomic E-state index is -1.80. The number of ether oxygens (including phenoxy) is 4. The van der Waals surface area contributed by atoms with Crippen molar-refractivity contribution >= 4 is 5.91 Å². The molecule has 9 N–H and O–H groups in total. The lowest BCUT2D eigenvalue weighted by Crippen LogP contribution is -2.65. The van der Waals surface area contributed by atoms with Crippen LogP contribution >= 0.6 is 0 Å². The Morgan fingerprint density at radius 1 is 0.402 bits per heavy atom. The van der Waals surface area contributed by atoms with E-state index >= 15 is 0 Å². The van der Waals surface area contributed by atoms with Gasteiger partial charge in [0.25, 0.3) is 0 Å². The lowest BCUT2D eigenvalue weighted by molar-refractivity contribution is -0.359. The largest absolute Gasteiger partial charge is 0.394 e. The van der Waals surface area contributed by atoms with Crippen molar-refractivity contribution in [2.75, 3.05) is 19.8 Å². The second-order valence-electron chi connectivity index (χ2n) is 26.4. The van der Waals surface area contributed by atoms with Gasteiger partial charge in [-0.25, -0.2) is 0 Å². The van der Waals surface area contributed by atoms with Gasteiger partial charge < -0.3 is 65.1 Å². The van der Waals surface area contributed by atoms with Crippen molar-refractivity contribution in [2.24, 2.45) is 0 Å². The summed E-state index contributed by atoms with van der Waals surface area (Å²) in [5.41, 5.74) is 0. The van der Waals surface area contributed by atoms with Crippen LogP contribution in [0.2, 0.25) is 0 Å². The Bertz CT molecular complexity index is 1870. The summed E-state index contributed by atoms with van der Waals surface area (Å²) in [5, 5.41) is 87.5. The van der Waals surface area contributed by atoms with Gasteiger partial charge in [0.2, 0.25) is 5.91 Å². The van der Waals surface area contributed by atoms with Crippen molar-refractivity contribution in [1.82, 2.24) is 5.32 Å². The topological polar surface area (TPSA) is 228 Å². The molecule has 0 saturated carbocycles. The Balaban J connectivity index is 1.67. The zero-order valence-electron chi connectivity index (χ0n) is 58.3. The molecule has 0 radical (unpaired) electrons. The Morgan fingerprint density at radius 2 is 0.761 bits per heavy atom. The summed E-state index contributed by atoms with van der Waals surface area (Å²) in [4.78, 5) is 13.4. The molecule has 14 heteroatoms. The number of aliphatic hydroxyl groups is 8. The average molecular weight is 1300 g/mol. The van der Waals surface area contributed by atoms with Crippen LogP contribution < -0.4 is 5.32 Å². The summed E-state index contributed by atoms with van der Waals surface area (Å²) in [7, 11) is 0. The minimum absolute atomic E-state index is 0.254. The summed E-state index contributed by atoms with van der Waals surface area (Å²) >= 11 is 0. The first-order valence-corrected chi connectivity index (χ1v) is 37.8. The molecule has 0 aliphatic carbocycles. The lowest BCUT2D eigenvalue weighted by atomic mass is 9.97.